The first-order valence-corrected chi connectivity index (χ1v) is 8.16. The van der Waals surface area contributed by atoms with Gasteiger partial charge in [-0.15, -0.1) is 6.58 Å². The Morgan fingerprint density at radius 2 is 1.60 bits per heavy atom. The molecule has 0 aromatic carbocycles. The van der Waals surface area contributed by atoms with E-state index in [9.17, 15) is 9.59 Å². The maximum absolute atomic E-state index is 12.5. The molecule has 7 heteroatoms. The van der Waals surface area contributed by atoms with Crippen LogP contribution in [0.15, 0.2) is 46.5 Å². The molecule has 132 valence electrons. The van der Waals surface area contributed by atoms with E-state index in [2.05, 4.69) is 27.0 Å². The van der Waals surface area contributed by atoms with Gasteiger partial charge in [0.25, 0.3) is 11.1 Å². The van der Waals surface area contributed by atoms with E-state index in [0.717, 1.165) is 0 Å². The Morgan fingerprint density at radius 1 is 1.04 bits per heavy atom. The van der Waals surface area contributed by atoms with Gasteiger partial charge in [0.15, 0.2) is 0 Å². The zero-order valence-corrected chi connectivity index (χ0v) is 14.3. The molecule has 0 saturated heterocycles. The van der Waals surface area contributed by atoms with E-state index in [-0.39, 0.29) is 23.1 Å². The van der Waals surface area contributed by atoms with Crippen LogP contribution in [0.4, 0.5) is 0 Å². The molecule has 1 aliphatic carbocycles. The summed E-state index contributed by atoms with van der Waals surface area (Å²) in [7, 11) is 0. The summed E-state index contributed by atoms with van der Waals surface area (Å²) in [5.74, 6) is -0.642. The third-order valence-electron chi connectivity index (χ3n) is 4.56. The molecule has 25 heavy (non-hydrogen) atoms. The molecule has 0 radical (unpaired) electrons. The number of nitrogens with one attached hydrogen (secondary N) is 4. The zero-order valence-electron chi connectivity index (χ0n) is 14.3. The van der Waals surface area contributed by atoms with E-state index >= 15 is 0 Å². The smallest absolute Gasteiger partial charge is 0.267 e. The summed E-state index contributed by atoms with van der Waals surface area (Å²) < 4.78 is 5.88. The number of rotatable bonds is 6. The molecule has 1 aliphatic rings. The highest BCUT2D eigenvalue weighted by Gasteiger charge is 2.36. The van der Waals surface area contributed by atoms with Crippen LogP contribution in [0.1, 0.15) is 28.4 Å². The summed E-state index contributed by atoms with van der Waals surface area (Å²) in [6, 6.07) is 0. The first kappa shape index (κ1) is 17.0. The fourth-order valence-electron chi connectivity index (χ4n) is 3.44. The topological polar surface area (TPSA) is 107 Å². The van der Waals surface area contributed by atoms with E-state index < -0.39 is 5.92 Å². The number of aryl methyl sites for hydroxylation is 2. The molecule has 2 atom stereocenters. The highest BCUT2D eigenvalue weighted by molar-refractivity contribution is 5.38. The van der Waals surface area contributed by atoms with Crippen molar-refractivity contribution in [3.05, 3.63) is 80.2 Å². The lowest BCUT2D eigenvalue weighted by Crippen LogP contribution is -2.33. The van der Waals surface area contributed by atoms with E-state index in [0.29, 0.717) is 29.1 Å². The Morgan fingerprint density at radius 3 is 2.08 bits per heavy atom. The average molecular weight is 342 g/mol. The SMILES string of the molecule is C=CCO[C@H]1C=CC=C[C@@H]1C(c1c(C)[nH][nH]c1=O)c1c(C)[nH][nH]c1=O. The minimum atomic E-state index is -0.444. The van der Waals surface area contributed by atoms with Crippen molar-refractivity contribution in [1.29, 1.82) is 0 Å². The molecule has 0 aliphatic heterocycles. The van der Waals surface area contributed by atoms with Gasteiger partial charge in [0, 0.05) is 34.4 Å². The molecule has 0 spiro atoms. The Labute approximate surface area is 144 Å². The van der Waals surface area contributed by atoms with Gasteiger partial charge in [0.1, 0.15) is 0 Å². The summed E-state index contributed by atoms with van der Waals surface area (Å²) in [6.45, 7) is 7.71. The van der Waals surface area contributed by atoms with E-state index in [4.69, 9.17) is 4.74 Å². The zero-order chi connectivity index (χ0) is 18.0. The van der Waals surface area contributed by atoms with Gasteiger partial charge in [-0.1, -0.05) is 30.4 Å². The fraction of sp³-hybridized carbons (Fsp3) is 0.333. The lowest BCUT2D eigenvalue weighted by molar-refractivity contribution is 0.0726. The molecule has 3 rings (SSSR count). The molecule has 0 amide bonds. The fourth-order valence-corrected chi connectivity index (χ4v) is 3.44. The summed E-state index contributed by atoms with van der Waals surface area (Å²) in [5, 5.41) is 10.9. The molecule has 4 N–H and O–H groups in total. The molecule has 2 aromatic rings. The van der Waals surface area contributed by atoms with E-state index in [1.807, 2.05) is 38.2 Å². The van der Waals surface area contributed by atoms with E-state index in [1.54, 1.807) is 6.08 Å². The van der Waals surface area contributed by atoms with Gasteiger partial charge >= 0.3 is 0 Å². The number of aromatic amines is 4. The third kappa shape index (κ3) is 3.10. The number of aromatic nitrogens is 4. The van der Waals surface area contributed by atoms with Crippen LogP contribution in [0, 0.1) is 19.8 Å². The van der Waals surface area contributed by atoms with Crippen molar-refractivity contribution < 1.29 is 4.74 Å². The molecule has 2 aromatic heterocycles. The van der Waals surface area contributed by atoms with Gasteiger partial charge in [-0.3, -0.25) is 19.8 Å². The Balaban J connectivity index is 2.16. The van der Waals surface area contributed by atoms with Gasteiger partial charge < -0.3 is 14.9 Å². The normalized spacial score (nSPS) is 19.6. The van der Waals surface area contributed by atoms with E-state index in [1.165, 1.54) is 0 Å². The van der Waals surface area contributed by atoms with Crippen LogP contribution in [0.5, 0.6) is 0 Å². The molecule has 2 heterocycles. The number of allylic oxidation sites excluding steroid dienone is 2. The second-order valence-electron chi connectivity index (χ2n) is 6.15. The summed E-state index contributed by atoms with van der Waals surface area (Å²) >= 11 is 0. The quantitative estimate of drug-likeness (QED) is 0.601. The van der Waals surface area contributed by atoms with Crippen LogP contribution < -0.4 is 11.1 Å². The lowest BCUT2D eigenvalue weighted by atomic mass is 9.76. The van der Waals surface area contributed by atoms with Gasteiger partial charge in [-0.05, 0) is 13.8 Å². The summed E-state index contributed by atoms with van der Waals surface area (Å²) in [5.41, 5.74) is 2.05. The van der Waals surface area contributed by atoms with Crippen molar-refractivity contribution in [3.8, 4) is 0 Å². The number of hydrogen-bond acceptors (Lipinski definition) is 3. The second kappa shape index (κ2) is 6.98. The van der Waals surface area contributed by atoms with Crippen molar-refractivity contribution in [3.63, 3.8) is 0 Å². The van der Waals surface area contributed by atoms with Gasteiger partial charge in [-0.25, -0.2) is 0 Å². The van der Waals surface area contributed by atoms with Crippen molar-refractivity contribution >= 4 is 0 Å². The second-order valence-corrected chi connectivity index (χ2v) is 6.15. The standard InChI is InChI=1S/C18H22N4O3/c1-4-9-25-13-8-6-5-7-12(13)16(14-10(2)19-21-17(14)23)15-11(3)20-22-18(15)24/h4-8,12-13,16H,1,9H2,2-3H3,(H2,19,21,23)(H2,20,22,24)/t12-,13-/m0/s1. The van der Waals surface area contributed by atoms with Crippen LogP contribution in [0.25, 0.3) is 0 Å². The highest BCUT2D eigenvalue weighted by atomic mass is 16.5. The predicted octanol–water partition coefficient (Wildman–Crippen LogP) is 1.78. The van der Waals surface area contributed by atoms with Gasteiger partial charge in [0.05, 0.1) is 12.7 Å². The number of H-pyrrole nitrogens is 4. The molecule has 7 nitrogen and oxygen atoms in total. The largest absolute Gasteiger partial charge is 0.369 e. The van der Waals surface area contributed by atoms with Gasteiger partial charge in [0.2, 0.25) is 0 Å². The average Bonchev–Trinajstić information content (AvgIpc) is 3.11. The minimum absolute atomic E-state index is 0.198. The molecule has 0 unspecified atom stereocenters. The van der Waals surface area contributed by atoms with Crippen LogP contribution in [0.3, 0.4) is 0 Å². The van der Waals surface area contributed by atoms with Crippen LogP contribution >= 0.6 is 0 Å². The lowest BCUT2D eigenvalue weighted by Gasteiger charge is -2.30. The van der Waals surface area contributed by atoms with Crippen LogP contribution in [0.2, 0.25) is 0 Å². The highest BCUT2D eigenvalue weighted by Crippen LogP contribution is 2.36. The monoisotopic (exact) mass is 342 g/mol. The van der Waals surface area contributed by atoms with Crippen molar-refractivity contribution in [2.24, 2.45) is 5.92 Å². The first-order valence-electron chi connectivity index (χ1n) is 8.16. The van der Waals surface area contributed by atoms with Crippen molar-refractivity contribution in [2.75, 3.05) is 6.61 Å². The Bertz CT molecular complexity index is 871. The van der Waals surface area contributed by atoms with Gasteiger partial charge in [-0.2, -0.15) is 0 Å². The Hall–Kier alpha value is -2.80. The minimum Gasteiger partial charge on any atom is -0.369 e. The maximum Gasteiger partial charge on any atom is 0.267 e. The molecular weight excluding hydrogens is 320 g/mol. The summed E-state index contributed by atoms with van der Waals surface area (Å²) in [6.07, 6.45) is 9.15. The summed E-state index contributed by atoms with van der Waals surface area (Å²) in [4.78, 5) is 24.9. The number of ether oxygens (including phenoxy) is 1. The number of hydrogen-bond donors (Lipinski definition) is 4. The maximum atomic E-state index is 12.5. The van der Waals surface area contributed by atoms with Crippen molar-refractivity contribution in [1.82, 2.24) is 20.4 Å². The van der Waals surface area contributed by atoms with Crippen molar-refractivity contribution in [2.45, 2.75) is 25.9 Å². The molecular formula is C18H22N4O3. The van der Waals surface area contributed by atoms with Crippen LogP contribution in [-0.2, 0) is 4.74 Å². The predicted molar refractivity (Wildman–Crippen MR) is 95.9 cm³/mol. The Kier molecular flexibility index (Phi) is 4.76. The van der Waals surface area contributed by atoms with Crippen LogP contribution in [-0.4, -0.2) is 33.1 Å². The molecule has 0 bridgehead atoms. The molecule has 0 fully saturated rings. The molecule has 0 saturated carbocycles. The third-order valence-corrected chi connectivity index (χ3v) is 4.56. The first-order chi connectivity index (χ1) is 12.0.